The largest absolute Gasteiger partial charge is 0.481 e. The second kappa shape index (κ2) is 6.44. The number of fused-ring (bicyclic) bond motifs is 2. The first-order valence-corrected chi connectivity index (χ1v) is 8.59. The summed E-state index contributed by atoms with van der Waals surface area (Å²) in [5.41, 5.74) is 2.77. The van der Waals surface area contributed by atoms with Crippen LogP contribution in [0.5, 0.6) is 5.88 Å². The normalized spacial score (nSPS) is 18.7. The molecule has 130 valence electrons. The Balaban J connectivity index is 1.51. The van der Waals surface area contributed by atoms with Crippen molar-refractivity contribution in [3.8, 4) is 5.88 Å². The monoisotopic (exact) mass is 339 g/mol. The lowest BCUT2D eigenvalue weighted by Gasteiger charge is -2.45. The van der Waals surface area contributed by atoms with Gasteiger partial charge in [0.2, 0.25) is 5.88 Å². The molecule has 0 bridgehead atoms. The highest BCUT2D eigenvalue weighted by atomic mass is 16.5. The Hall–Kier alpha value is -2.47. The molecule has 1 spiro atoms. The molecule has 0 saturated carbocycles. The van der Waals surface area contributed by atoms with Gasteiger partial charge < -0.3 is 14.4 Å². The molecule has 1 amide bonds. The molecule has 0 N–H and O–H groups in total. The number of piperidine rings is 1. The third kappa shape index (κ3) is 2.87. The van der Waals surface area contributed by atoms with E-state index < -0.39 is 0 Å². The van der Waals surface area contributed by atoms with Crippen molar-refractivity contribution in [3.05, 3.63) is 53.5 Å². The first-order chi connectivity index (χ1) is 12.2. The molecule has 0 atom stereocenters. The van der Waals surface area contributed by atoms with E-state index in [1.807, 2.05) is 4.90 Å². The van der Waals surface area contributed by atoms with E-state index in [1.54, 1.807) is 6.07 Å². The third-order valence-electron chi connectivity index (χ3n) is 5.19. The van der Waals surface area contributed by atoms with Crippen molar-refractivity contribution in [3.63, 3.8) is 0 Å². The number of aromatic nitrogens is 2. The number of rotatable bonds is 2. The second-order valence-electron chi connectivity index (χ2n) is 6.49. The molecule has 3 heterocycles. The third-order valence-corrected chi connectivity index (χ3v) is 5.19. The van der Waals surface area contributed by atoms with Crippen molar-refractivity contribution >= 4 is 5.91 Å². The lowest BCUT2D eigenvalue weighted by atomic mass is 9.79. The highest BCUT2D eigenvalue weighted by molar-refractivity contribution is 5.92. The van der Waals surface area contributed by atoms with Crippen LogP contribution >= 0.6 is 0 Å². The Labute approximate surface area is 146 Å². The van der Waals surface area contributed by atoms with Crippen LogP contribution in [-0.4, -0.2) is 47.6 Å². The van der Waals surface area contributed by atoms with Gasteiger partial charge in [0.25, 0.3) is 5.91 Å². The van der Waals surface area contributed by atoms with Gasteiger partial charge in [0.15, 0.2) is 0 Å². The molecule has 1 saturated heterocycles. The van der Waals surface area contributed by atoms with Crippen molar-refractivity contribution in [2.24, 2.45) is 0 Å². The predicted octanol–water partition coefficient (Wildman–Crippen LogP) is 2.19. The van der Waals surface area contributed by atoms with Crippen LogP contribution in [0, 0.1) is 0 Å². The quantitative estimate of drug-likeness (QED) is 0.839. The Bertz CT molecular complexity index is 785. The van der Waals surface area contributed by atoms with Crippen molar-refractivity contribution in [2.45, 2.75) is 24.9 Å². The number of carbonyl (C=O) groups excluding carboxylic acids is 1. The Morgan fingerprint density at radius 3 is 2.84 bits per heavy atom. The van der Waals surface area contributed by atoms with E-state index in [0.29, 0.717) is 24.7 Å². The standard InChI is InChI=1S/C19H21N3O3/c1-24-17-12-16(20-13-21-17)18(23)22-9-7-19(8-10-22)15-5-3-2-4-14(15)6-11-25-19/h2-5,12-13H,6-11H2,1H3. The first kappa shape index (κ1) is 16.0. The molecule has 2 aliphatic heterocycles. The van der Waals surface area contributed by atoms with Crippen LogP contribution in [-0.2, 0) is 16.8 Å². The van der Waals surface area contributed by atoms with Crippen molar-refractivity contribution in [1.29, 1.82) is 0 Å². The molecule has 0 aliphatic carbocycles. The SMILES string of the molecule is COc1cc(C(=O)N2CCC3(CC2)OCCc2ccccc23)ncn1. The van der Waals surface area contributed by atoms with E-state index >= 15 is 0 Å². The van der Waals surface area contributed by atoms with E-state index in [4.69, 9.17) is 9.47 Å². The lowest BCUT2D eigenvalue weighted by molar-refractivity contribution is -0.0935. The molecule has 0 radical (unpaired) electrons. The number of hydrogen-bond donors (Lipinski definition) is 0. The number of nitrogens with zero attached hydrogens (tertiary/aromatic N) is 3. The summed E-state index contributed by atoms with van der Waals surface area (Å²) in [5, 5.41) is 0. The fourth-order valence-electron chi connectivity index (χ4n) is 3.83. The van der Waals surface area contributed by atoms with Gasteiger partial charge in [-0.3, -0.25) is 4.79 Å². The molecular weight excluding hydrogens is 318 g/mol. The van der Waals surface area contributed by atoms with Gasteiger partial charge in [-0.2, -0.15) is 0 Å². The van der Waals surface area contributed by atoms with E-state index in [1.165, 1.54) is 24.6 Å². The number of carbonyl (C=O) groups is 1. The number of likely N-dealkylation sites (tertiary alicyclic amines) is 1. The first-order valence-electron chi connectivity index (χ1n) is 8.59. The van der Waals surface area contributed by atoms with E-state index in [-0.39, 0.29) is 11.5 Å². The summed E-state index contributed by atoms with van der Waals surface area (Å²) in [6.07, 6.45) is 3.93. The number of hydrogen-bond acceptors (Lipinski definition) is 5. The minimum Gasteiger partial charge on any atom is -0.481 e. The molecule has 6 nitrogen and oxygen atoms in total. The Morgan fingerprint density at radius 2 is 2.04 bits per heavy atom. The van der Waals surface area contributed by atoms with Crippen LogP contribution in [0.3, 0.4) is 0 Å². The maximum Gasteiger partial charge on any atom is 0.272 e. The van der Waals surface area contributed by atoms with Crippen LogP contribution in [0.4, 0.5) is 0 Å². The van der Waals surface area contributed by atoms with E-state index in [0.717, 1.165) is 25.9 Å². The highest BCUT2D eigenvalue weighted by Gasteiger charge is 2.41. The molecule has 25 heavy (non-hydrogen) atoms. The van der Waals surface area contributed by atoms with Gasteiger partial charge in [0.1, 0.15) is 12.0 Å². The van der Waals surface area contributed by atoms with E-state index in [2.05, 4.69) is 34.2 Å². The summed E-state index contributed by atoms with van der Waals surface area (Å²) in [6.45, 7) is 2.05. The summed E-state index contributed by atoms with van der Waals surface area (Å²) in [7, 11) is 1.53. The van der Waals surface area contributed by atoms with Crippen molar-refractivity contribution in [2.75, 3.05) is 26.8 Å². The predicted molar refractivity (Wildman–Crippen MR) is 91.5 cm³/mol. The summed E-state index contributed by atoms with van der Waals surface area (Å²) in [5.74, 6) is 0.316. The van der Waals surface area contributed by atoms with Gasteiger partial charge in [-0.15, -0.1) is 0 Å². The molecule has 2 aliphatic rings. The van der Waals surface area contributed by atoms with E-state index in [9.17, 15) is 4.79 Å². The number of methoxy groups -OCH3 is 1. The summed E-state index contributed by atoms with van der Waals surface area (Å²) < 4.78 is 11.3. The molecule has 2 aromatic rings. The maximum atomic E-state index is 12.7. The highest BCUT2D eigenvalue weighted by Crippen LogP contribution is 2.41. The molecule has 4 rings (SSSR count). The molecule has 0 unspecified atom stereocenters. The topological polar surface area (TPSA) is 64.5 Å². The molecule has 1 aromatic heterocycles. The number of amides is 1. The van der Waals surface area contributed by atoms with Crippen LogP contribution in [0.15, 0.2) is 36.7 Å². The second-order valence-corrected chi connectivity index (χ2v) is 6.49. The van der Waals surface area contributed by atoms with Crippen LogP contribution < -0.4 is 4.74 Å². The van der Waals surface area contributed by atoms with Gasteiger partial charge in [-0.05, 0) is 30.4 Å². The zero-order chi connectivity index (χ0) is 17.3. The minimum atomic E-state index is -0.255. The maximum absolute atomic E-state index is 12.7. The molecule has 1 fully saturated rings. The van der Waals surface area contributed by atoms with Crippen LogP contribution in [0.2, 0.25) is 0 Å². The molecule has 1 aromatic carbocycles. The summed E-state index contributed by atoms with van der Waals surface area (Å²) in [6, 6.07) is 10.1. The smallest absolute Gasteiger partial charge is 0.272 e. The van der Waals surface area contributed by atoms with Gasteiger partial charge in [0.05, 0.1) is 19.3 Å². The van der Waals surface area contributed by atoms with Crippen LogP contribution in [0.1, 0.15) is 34.5 Å². The zero-order valence-corrected chi connectivity index (χ0v) is 14.3. The lowest BCUT2D eigenvalue weighted by Crippen LogP contribution is -2.48. The van der Waals surface area contributed by atoms with Crippen molar-refractivity contribution < 1.29 is 14.3 Å². The Morgan fingerprint density at radius 1 is 1.24 bits per heavy atom. The average molecular weight is 339 g/mol. The number of benzene rings is 1. The molecule has 6 heteroatoms. The average Bonchev–Trinajstić information content (AvgIpc) is 2.68. The van der Waals surface area contributed by atoms with Gasteiger partial charge in [0, 0.05) is 19.2 Å². The van der Waals surface area contributed by atoms with Gasteiger partial charge >= 0.3 is 0 Å². The fraction of sp³-hybridized carbons (Fsp3) is 0.421. The van der Waals surface area contributed by atoms with Crippen molar-refractivity contribution in [1.82, 2.24) is 14.9 Å². The Kier molecular flexibility index (Phi) is 4.13. The summed E-state index contributed by atoms with van der Waals surface area (Å²) >= 11 is 0. The minimum absolute atomic E-state index is 0.0837. The van der Waals surface area contributed by atoms with Crippen LogP contribution in [0.25, 0.3) is 0 Å². The fourth-order valence-corrected chi connectivity index (χ4v) is 3.83. The zero-order valence-electron chi connectivity index (χ0n) is 14.3. The molecular formula is C19H21N3O3. The number of ether oxygens (including phenoxy) is 2. The summed E-state index contributed by atoms with van der Waals surface area (Å²) in [4.78, 5) is 22.6. The van der Waals surface area contributed by atoms with Gasteiger partial charge in [-0.25, -0.2) is 9.97 Å². The van der Waals surface area contributed by atoms with Gasteiger partial charge in [-0.1, -0.05) is 24.3 Å².